The van der Waals surface area contributed by atoms with Gasteiger partial charge in [-0.25, -0.2) is 0 Å². The molecule has 2 rings (SSSR count). The molecule has 1 aromatic rings. The topological polar surface area (TPSA) is 34.2 Å². The largest absolute Gasteiger partial charge is 0.374 e. The predicted molar refractivity (Wildman–Crippen MR) is 69.1 cm³/mol. The van der Waals surface area contributed by atoms with E-state index in [0.717, 1.165) is 19.4 Å². The molecule has 1 aromatic heterocycles. The number of rotatable bonds is 4. The molecule has 0 amide bonds. The minimum Gasteiger partial charge on any atom is -0.374 e. The highest BCUT2D eigenvalue weighted by atomic mass is 16.5. The van der Waals surface area contributed by atoms with Crippen molar-refractivity contribution in [2.45, 2.75) is 44.2 Å². The van der Waals surface area contributed by atoms with Crippen molar-refractivity contribution in [1.29, 1.82) is 0 Å². The Morgan fingerprint density at radius 1 is 1.41 bits per heavy atom. The zero-order chi connectivity index (χ0) is 12.3. The molecule has 3 unspecified atom stereocenters. The van der Waals surface area contributed by atoms with Gasteiger partial charge in [-0.2, -0.15) is 0 Å². The summed E-state index contributed by atoms with van der Waals surface area (Å²) >= 11 is 0. The molecule has 17 heavy (non-hydrogen) atoms. The van der Waals surface area contributed by atoms with Crippen LogP contribution in [0.1, 0.15) is 38.2 Å². The van der Waals surface area contributed by atoms with E-state index in [1.54, 1.807) is 0 Å². The van der Waals surface area contributed by atoms with Crippen LogP contribution < -0.4 is 5.32 Å². The van der Waals surface area contributed by atoms with Gasteiger partial charge in [-0.3, -0.25) is 4.98 Å². The van der Waals surface area contributed by atoms with Gasteiger partial charge in [0.25, 0.3) is 0 Å². The third kappa shape index (κ3) is 2.50. The SMILES string of the molecule is CNC(C(C)c1ccncc1)C1(C)CCCO1. The van der Waals surface area contributed by atoms with Crippen molar-refractivity contribution < 1.29 is 4.74 Å². The van der Waals surface area contributed by atoms with Crippen LogP contribution in [0, 0.1) is 0 Å². The van der Waals surface area contributed by atoms with Crippen molar-refractivity contribution in [1.82, 2.24) is 10.3 Å². The van der Waals surface area contributed by atoms with Gasteiger partial charge in [-0.05, 0) is 50.4 Å². The van der Waals surface area contributed by atoms with Crippen molar-refractivity contribution >= 4 is 0 Å². The zero-order valence-electron chi connectivity index (χ0n) is 10.9. The van der Waals surface area contributed by atoms with Crippen molar-refractivity contribution in [2.75, 3.05) is 13.7 Å². The first-order chi connectivity index (χ1) is 8.17. The van der Waals surface area contributed by atoms with E-state index < -0.39 is 0 Å². The van der Waals surface area contributed by atoms with Crippen LogP contribution in [0.25, 0.3) is 0 Å². The molecule has 0 aliphatic carbocycles. The Hall–Kier alpha value is -0.930. The molecular weight excluding hydrogens is 212 g/mol. The summed E-state index contributed by atoms with van der Waals surface area (Å²) in [4.78, 5) is 4.08. The maximum Gasteiger partial charge on any atom is 0.0813 e. The Morgan fingerprint density at radius 3 is 2.65 bits per heavy atom. The number of nitrogens with zero attached hydrogens (tertiary/aromatic N) is 1. The van der Waals surface area contributed by atoms with Gasteiger partial charge in [0, 0.05) is 25.0 Å². The lowest BCUT2D eigenvalue weighted by molar-refractivity contribution is -0.0157. The highest BCUT2D eigenvalue weighted by Crippen LogP contribution is 2.35. The quantitative estimate of drug-likeness (QED) is 0.868. The van der Waals surface area contributed by atoms with Gasteiger partial charge in [0.05, 0.1) is 5.60 Å². The summed E-state index contributed by atoms with van der Waals surface area (Å²) in [6, 6.07) is 4.52. The average Bonchev–Trinajstić information content (AvgIpc) is 2.78. The van der Waals surface area contributed by atoms with E-state index in [4.69, 9.17) is 4.74 Å². The van der Waals surface area contributed by atoms with Crippen LogP contribution in [0.5, 0.6) is 0 Å². The number of hydrogen-bond donors (Lipinski definition) is 1. The zero-order valence-corrected chi connectivity index (χ0v) is 10.9. The van der Waals surface area contributed by atoms with Crippen molar-refractivity contribution in [3.8, 4) is 0 Å². The molecule has 3 nitrogen and oxygen atoms in total. The molecule has 1 aliphatic heterocycles. The monoisotopic (exact) mass is 234 g/mol. The van der Waals surface area contributed by atoms with Crippen LogP contribution in [-0.2, 0) is 4.74 Å². The Morgan fingerprint density at radius 2 is 2.12 bits per heavy atom. The van der Waals surface area contributed by atoms with E-state index >= 15 is 0 Å². The number of hydrogen-bond acceptors (Lipinski definition) is 3. The first-order valence-electron chi connectivity index (χ1n) is 6.38. The van der Waals surface area contributed by atoms with Gasteiger partial charge in [-0.1, -0.05) is 6.92 Å². The molecule has 3 atom stereocenters. The molecule has 0 spiro atoms. The Bertz CT molecular complexity index is 346. The second-order valence-electron chi connectivity index (χ2n) is 5.10. The Labute approximate surface area is 104 Å². The number of ether oxygens (including phenoxy) is 1. The molecule has 94 valence electrons. The molecule has 1 fully saturated rings. The smallest absolute Gasteiger partial charge is 0.0813 e. The summed E-state index contributed by atoms with van der Waals surface area (Å²) in [5, 5.41) is 3.44. The number of nitrogens with one attached hydrogen (secondary N) is 1. The van der Waals surface area contributed by atoms with Gasteiger partial charge < -0.3 is 10.1 Å². The molecule has 3 heteroatoms. The first kappa shape index (κ1) is 12.5. The highest BCUT2D eigenvalue weighted by Gasteiger charge is 2.40. The van der Waals surface area contributed by atoms with E-state index in [1.165, 1.54) is 5.56 Å². The van der Waals surface area contributed by atoms with Crippen LogP contribution in [-0.4, -0.2) is 30.3 Å². The maximum atomic E-state index is 5.96. The fourth-order valence-electron chi connectivity index (χ4n) is 2.99. The van der Waals surface area contributed by atoms with Crippen LogP contribution in [0.4, 0.5) is 0 Å². The van der Waals surface area contributed by atoms with Gasteiger partial charge in [-0.15, -0.1) is 0 Å². The summed E-state index contributed by atoms with van der Waals surface area (Å²) in [5.74, 6) is 0.422. The van der Waals surface area contributed by atoms with Gasteiger partial charge >= 0.3 is 0 Å². The average molecular weight is 234 g/mol. The van der Waals surface area contributed by atoms with Crippen LogP contribution in [0.2, 0.25) is 0 Å². The van der Waals surface area contributed by atoms with Crippen LogP contribution in [0.3, 0.4) is 0 Å². The summed E-state index contributed by atoms with van der Waals surface area (Å²) in [6.45, 7) is 5.36. The van der Waals surface area contributed by atoms with Crippen LogP contribution >= 0.6 is 0 Å². The summed E-state index contributed by atoms with van der Waals surface area (Å²) in [7, 11) is 2.02. The standard InChI is InChI=1S/C14H22N2O/c1-11(12-5-8-16-9-6-12)13(15-3)14(2)7-4-10-17-14/h5-6,8-9,11,13,15H,4,7,10H2,1-3H3. The van der Waals surface area contributed by atoms with Crippen LogP contribution in [0.15, 0.2) is 24.5 Å². The highest BCUT2D eigenvalue weighted by molar-refractivity contribution is 5.19. The van der Waals surface area contributed by atoms with Gasteiger partial charge in [0.2, 0.25) is 0 Å². The lowest BCUT2D eigenvalue weighted by Crippen LogP contribution is -2.50. The van der Waals surface area contributed by atoms with E-state index in [1.807, 2.05) is 19.4 Å². The van der Waals surface area contributed by atoms with Crippen molar-refractivity contribution in [2.24, 2.45) is 0 Å². The molecule has 0 saturated carbocycles. The van der Waals surface area contributed by atoms with E-state index in [9.17, 15) is 0 Å². The molecule has 2 heterocycles. The third-order valence-corrected chi connectivity index (χ3v) is 3.95. The Balaban J connectivity index is 2.18. The van der Waals surface area contributed by atoms with Crippen molar-refractivity contribution in [3.63, 3.8) is 0 Å². The predicted octanol–water partition coefficient (Wildman–Crippen LogP) is 2.34. The summed E-state index contributed by atoms with van der Waals surface area (Å²) < 4.78 is 5.96. The van der Waals surface area contributed by atoms with E-state index in [0.29, 0.717) is 12.0 Å². The van der Waals surface area contributed by atoms with E-state index in [-0.39, 0.29) is 5.60 Å². The molecule has 0 aromatic carbocycles. The maximum absolute atomic E-state index is 5.96. The molecule has 1 N–H and O–H groups in total. The second-order valence-corrected chi connectivity index (χ2v) is 5.10. The first-order valence-corrected chi connectivity index (χ1v) is 6.38. The number of pyridine rings is 1. The van der Waals surface area contributed by atoms with Gasteiger partial charge in [0.1, 0.15) is 0 Å². The minimum absolute atomic E-state index is 0.0442. The fourth-order valence-corrected chi connectivity index (χ4v) is 2.99. The van der Waals surface area contributed by atoms with E-state index in [2.05, 4.69) is 36.3 Å². The number of aromatic nitrogens is 1. The van der Waals surface area contributed by atoms with Crippen molar-refractivity contribution in [3.05, 3.63) is 30.1 Å². The molecule has 0 radical (unpaired) electrons. The second kappa shape index (κ2) is 5.15. The summed E-state index contributed by atoms with van der Waals surface area (Å²) in [5.41, 5.74) is 1.27. The normalized spacial score (nSPS) is 27.9. The fraction of sp³-hybridized carbons (Fsp3) is 0.643. The third-order valence-electron chi connectivity index (χ3n) is 3.95. The molecular formula is C14H22N2O. The lowest BCUT2D eigenvalue weighted by Gasteiger charge is -2.37. The molecule has 1 saturated heterocycles. The number of likely N-dealkylation sites (N-methyl/N-ethyl adjacent to an activating group) is 1. The lowest BCUT2D eigenvalue weighted by atomic mass is 9.81. The summed E-state index contributed by atoms with van der Waals surface area (Å²) in [6.07, 6.45) is 6.01. The molecule has 0 bridgehead atoms. The minimum atomic E-state index is -0.0442. The van der Waals surface area contributed by atoms with Gasteiger partial charge in [0.15, 0.2) is 0 Å². The Kier molecular flexibility index (Phi) is 3.79. The molecule has 1 aliphatic rings.